The summed E-state index contributed by atoms with van der Waals surface area (Å²) in [6, 6.07) is 4.52. The van der Waals surface area contributed by atoms with Crippen LogP contribution in [0.25, 0.3) is 0 Å². The molecular weight excluding hydrogens is 371 g/mol. The predicted octanol–water partition coefficient (Wildman–Crippen LogP) is 4.98. The maximum Gasteiger partial charge on any atom is 0.460 e. The van der Waals surface area contributed by atoms with Crippen molar-refractivity contribution in [3.8, 4) is 5.75 Å². The first kappa shape index (κ1) is 21.4. The van der Waals surface area contributed by atoms with Gasteiger partial charge >= 0.3 is 23.9 Å². The summed E-state index contributed by atoms with van der Waals surface area (Å²) in [5, 5.41) is 9.59. The van der Waals surface area contributed by atoms with Crippen LogP contribution in [-0.4, -0.2) is 35.7 Å². The molecule has 0 aliphatic carbocycles. The lowest BCUT2D eigenvalue weighted by atomic mass is 9.95. The molecule has 0 spiro atoms. The second-order valence-electron chi connectivity index (χ2n) is 5.08. The lowest BCUT2D eigenvalue weighted by molar-refractivity contribution is -0.398. The van der Waals surface area contributed by atoms with E-state index in [9.17, 15) is 44.6 Å². The molecule has 0 fully saturated rings. The SMILES string of the molecule is CCOc1cccc(C(O)CC(F)(F)C(F)(F)C(F)(F)C(F)(F)F)c1. The van der Waals surface area contributed by atoms with Gasteiger partial charge in [0.25, 0.3) is 0 Å². The average Bonchev–Trinajstić information content (AvgIpc) is 2.45. The predicted molar refractivity (Wildman–Crippen MR) is 68.1 cm³/mol. The number of aliphatic hydroxyl groups excluding tert-OH is 1. The maximum absolute atomic E-state index is 13.5. The van der Waals surface area contributed by atoms with E-state index in [1.807, 2.05) is 0 Å². The fourth-order valence-corrected chi connectivity index (χ4v) is 1.87. The highest BCUT2D eigenvalue weighted by Crippen LogP contribution is 2.55. The largest absolute Gasteiger partial charge is 0.494 e. The summed E-state index contributed by atoms with van der Waals surface area (Å²) >= 11 is 0. The number of aliphatic hydroxyl groups is 1. The van der Waals surface area contributed by atoms with Crippen LogP contribution in [0.5, 0.6) is 5.75 Å². The number of rotatable bonds is 7. The zero-order valence-electron chi connectivity index (χ0n) is 12.6. The van der Waals surface area contributed by atoms with E-state index < -0.39 is 42.0 Å². The van der Waals surface area contributed by atoms with Gasteiger partial charge in [0.05, 0.1) is 12.7 Å². The molecule has 0 saturated heterocycles. The van der Waals surface area contributed by atoms with Crippen molar-refractivity contribution in [2.45, 2.75) is 43.4 Å². The molecule has 0 radical (unpaired) electrons. The molecule has 0 saturated carbocycles. The topological polar surface area (TPSA) is 29.5 Å². The molecule has 0 heterocycles. The van der Waals surface area contributed by atoms with Gasteiger partial charge in [0.15, 0.2) is 0 Å². The van der Waals surface area contributed by atoms with Gasteiger partial charge in [-0.15, -0.1) is 0 Å². The fraction of sp³-hybridized carbons (Fsp3) is 0.571. The zero-order valence-corrected chi connectivity index (χ0v) is 12.6. The van der Waals surface area contributed by atoms with Crippen LogP contribution in [0.4, 0.5) is 39.5 Å². The van der Waals surface area contributed by atoms with E-state index in [2.05, 4.69) is 0 Å². The lowest BCUT2D eigenvalue weighted by Gasteiger charge is -2.34. The van der Waals surface area contributed by atoms with Crippen molar-refractivity contribution in [1.82, 2.24) is 0 Å². The summed E-state index contributed by atoms with van der Waals surface area (Å²) in [4.78, 5) is 0. The average molecular weight is 384 g/mol. The molecule has 1 N–H and O–H groups in total. The summed E-state index contributed by atoms with van der Waals surface area (Å²) in [5.74, 6) is -19.5. The first-order valence-corrected chi connectivity index (χ1v) is 6.78. The quantitative estimate of drug-likeness (QED) is 0.673. The van der Waals surface area contributed by atoms with Crippen molar-refractivity contribution in [2.75, 3.05) is 6.61 Å². The number of halogens is 9. The minimum atomic E-state index is -6.98. The summed E-state index contributed by atoms with van der Waals surface area (Å²) in [7, 11) is 0. The van der Waals surface area contributed by atoms with Crippen molar-refractivity contribution < 1.29 is 49.4 Å². The van der Waals surface area contributed by atoms with Crippen molar-refractivity contribution in [1.29, 1.82) is 0 Å². The minimum Gasteiger partial charge on any atom is -0.494 e. The van der Waals surface area contributed by atoms with Gasteiger partial charge in [0, 0.05) is 6.42 Å². The number of benzene rings is 1. The molecule has 0 aromatic heterocycles. The van der Waals surface area contributed by atoms with E-state index in [-0.39, 0.29) is 12.4 Å². The number of ether oxygens (including phenoxy) is 1. The van der Waals surface area contributed by atoms with Crippen molar-refractivity contribution in [3.63, 3.8) is 0 Å². The molecule has 0 amide bonds. The molecule has 0 aliphatic rings. The van der Waals surface area contributed by atoms with Crippen LogP contribution in [-0.2, 0) is 0 Å². The molecule has 1 aromatic rings. The summed E-state index contributed by atoms with van der Waals surface area (Å²) in [6.45, 7) is 1.71. The van der Waals surface area contributed by atoms with E-state index in [1.54, 1.807) is 6.92 Å². The van der Waals surface area contributed by atoms with Gasteiger partial charge in [0.2, 0.25) is 0 Å². The Hall–Kier alpha value is -1.65. The molecule has 1 unspecified atom stereocenters. The Morgan fingerprint density at radius 1 is 0.960 bits per heavy atom. The Kier molecular flexibility index (Phi) is 5.93. The molecule has 0 bridgehead atoms. The Bertz CT molecular complexity index is 584. The van der Waals surface area contributed by atoms with Gasteiger partial charge in [-0.2, -0.15) is 39.5 Å². The fourth-order valence-electron chi connectivity index (χ4n) is 1.87. The monoisotopic (exact) mass is 384 g/mol. The van der Waals surface area contributed by atoms with Gasteiger partial charge in [-0.25, -0.2) is 0 Å². The summed E-state index contributed by atoms with van der Waals surface area (Å²) in [6.07, 6.45) is -11.7. The smallest absolute Gasteiger partial charge is 0.460 e. The van der Waals surface area contributed by atoms with Crippen LogP contribution >= 0.6 is 0 Å². The lowest BCUT2D eigenvalue weighted by Crippen LogP contribution is -2.61. The molecule has 2 nitrogen and oxygen atoms in total. The molecule has 1 rings (SSSR count). The van der Waals surface area contributed by atoms with Crippen LogP contribution in [0, 0.1) is 0 Å². The van der Waals surface area contributed by atoms with Crippen LogP contribution in [0.15, 0.2) is 24.3 Å². The minimum absolute atomic E-state index is 0.0646. The standard InChI is InChI=1S/C14H13F9O2/c1-2-25-9-5-3-4-8(6-9)10(24)7-11(15,16)12(17,18)13(19,20)14(21,22)23/h3-6,10,24H,2,7H2,1H3. The van der Waals surface area contributed by atoms with Crippen molar-refractivity contribution in [3.05, 3.63) is 29.8 Å². The van der Waals surface area contributed by atoms with Crippen LogP contribution < -0.4 is 4.74 Å². The maximum atomic E-state index is 13.5. The van der Waals surface area contributed by atoms with Gasteiger partial charge in [-0.3, -0.25) is 0 Å². The van der Waals surface area contributed by atoms with E-state index in [0.717, 1.165) is 12.1 Å². The number of hydrogen-bond donors (Lipinski definition) is 1. The van der Waals surface area contributed by atoms with E-state index in [0.29, 0.717) is 0 Å². The van der Waals surface area contributed by atoms with Gasteiger partial charge < -0.3 is 9.84 Å². The van der Waals surface area contributed by atoms with Crippen molar-refractivity contribution >= 4 is 0 Å². The molecular formula is C14H13F9O2. The second kappa shape index (κ2) is 6.93. The molecule has 1 aromatic carbocycles. The first-order chi connectivity index (χ1) is 11.2. The van der Waals surface area contributed by atoms with Crippen LogP contribution in [0.3, 0.4) is 0 Å². The van der Waals surface area contributed by atoms with E-state index >= 15 is 0 Å². The van der Waals surface area contributed by atoms with E-state index in [4.69, 9.17) is 4.74 Å². The summed E-state index contributed by atoms with van der Waals surface area (Å²) in [5.41, 5.74) is -0.406. The molecule has 1 atom stereocenters. The third-order valence-corrected chi connectivity index (χ3v) is 3.21. The molecule has 11 heteroatoms. The summed E-state index contributed by atoms with van der Waals surface area (Å²) < 4.78 is 120. The highest BCUT2D eigenvalue weighted by Gasteiger charge is 2.81. The normalized spacial score (nSPS) is 15.2. The van der Waals surface area contributed by atoms with Gasteiger partial charge in [-0.05, 0) is 24.6 Å². The Morgan fingerprint density at radius 2 is 1.52 bits per heavy atom. The number of hydrogen-bond acceptors (Lipinski definition) is 2. The first-order valence-electron chi connectivity index (χ1n) is 6.78. The van der Waals surface area contributed by atoms with E-state index in [1.165, 1.54) is 12.1 Å². The van der Waals surface area contributed by atoms with Crippen LogP contribution in [0.1, 0.15) is 25.0 Å². The molecule has 25 heavy (non-hydrogen) atoms. The van der Waals surface area contributed by atoms with Crippen LogP contribution in [0.2, 0.25) is 0 Å². The highest BCUT2D eigenvalue weighted by atomic mass is 19.4. The second-order valence-corrected chi connectivity index (χ2v) is 5.08. The number of alkyl halides is 9. The third-order valence-electron chi connectivity index (χ3n) is 3.21. The van der Waals surface area contributed by atoms with Gasteiger partial charge in [-0.1, -0.05) is 12.1 Å². The van der Waals surface area contributed by atoms with Crippen molar-refractivity contribution in [2.24, 2.45) is 0 Å². The highest BCUT2D eigenvalue weighted by molar-refractivity contribution is 5.30. The molecule has 0 aliphatic heterocycles. The van der Waals surface area contributed by atoms with Gasteiger partial charge in [0.1, 0.15) is 5.75 Å². The molecule has 144 valence electrons. The third kappa shape index (κ3) is 4.13. The Labute approximate surface area is 136 Å². The Balaban J connectivity index is 3.08. The Morgan fingerprint density at radius 3 is 2.00 bits per heavy atom. The zero-order chi connectivity index (χ0) is 19.7.